The average molecular weight is 363 g/mol. The number of hydrogen-bond acceptors (Lipinski definition) is 5. The average Bonchev–Trinajstić information content (AvgIpc) is 3.06. The second-order valence-corrected chi connectivity index (χ2v) is 6.68. The third-order valence-corrected chi connectivity index (χ3v) is 4.68. The maximum absolute atomic E-state index is 5.45. The molecule has 0 aliphatic rings. The summed E-state index contributed by atoms with van der Waals surface area (Å²) in [4.78, 5) is 6.83. The van der Waals surface area contributed by atoms with Gasteiger partial charge in [-0.15, -0.1) is 11.3 Å². The first-order valence-corrected chi connectivity index (χ1v) is 8.71. The van der Waals surface area contributed by atoms with E-state index in [1.165, 1.54) is 9.75 Å². The quantitative estimate of drug-likeness (QED) is 0.585. The van der Waals surface area contributed by atoms with Gasteiger partial charge in [0, 0.05) is 35.0 Å². The number of ether oxygens (including phenoxy) is 3. The fourth-order valence-corrected chi connectivity index (χ4v) is 3.21. The van der Waals surface area contributed by atoms with Gasteiger partial charge in [0.15, 0.2) is 17.5 Å². The minimum absolute atomic E-state index is 0.548. The summed E-state index contributed by atoms with van der Waals surface area (Å²) in [5.74, 6) is 2.76. The Balaban J connectivity index is 2.02. The van der Waals surface area contributed by atoms with Crippen LogP contribution >= 0.6 is 11.3 Å². The summed E-state index contributed by atoms with van der Waals surface area (Å²) in [6.45, 7) is 3.39. The maximum Gasteiger partial charge on any atom is 0.191 e. The Morgan fingerprint density at radius 1 is 0.960 bits per heavy atom. The predicted molar refractivity (Wildman–Crippen MR) is 102 cm³/mol. The van der Waals surface area contributed by atoms with Gasteiger partial charge in [-0.2, -0.15) is 0 Å². The largest absolute Gasteiger partial charge is 0.496 e. The zero-order valence-corrected chi connectivity index (χ0v) is 16.1. The molecule has 0 amide bonds. The lowest BCUT2D eigenvalue weighted by Crippen LogP contribution is -2.36. The van der Waals surface area contributed by atoms with Crippen molar-refractivity contribution in [2.75, 3.05) is 28.4 Å². The fraction of sp³-hybridized carbons (Fsp3) is 0.389. The Labute approximate surface area is 152 Å². The molecule has 1 aromatic carbocycles. The number of methoxy groups -OCH3 is 3. The molecule has 6 nitrogen and oxygen atoms in total. The highest BCUT2D eigenvalue weighted by Crippen LogP contribution is 2.34. The Morgan fingerprint density at radius 2 is 1.60 bits per heavy atom. The van der Waals surface area contributed by atoms with Crippen molar-refractivity contribution >= 4 is 17.3 Å². The second kappa shape index (κ2) is 9.17. The normalized spacial score (nSPS) is 11.2. The van der Waals surface area contributed by atoms with E-state index in [1.807, 2.05) is 12.1 Å². The van der Waals surface area contributed by atoms with E-state index in [2.05, 4.69) is 34.7 Å². The topological polar surface area (TPSA) is 64.1 Å². The van der Waals surface area contributed by atoms with Gasteiger partial charge >= 0.3 is 0 Å². The summed E-state index contributed by atoms with van der Waals surface area (Å²) in [5, 5.41) is 6.60. The molecule has 0 saturated carbocycles. The van der Waals surface area contributed by atoms with Gasteiger partial charge in [-0.3, -0.25) is 4.99 Å². The summed E-state index contributed by atoms with van der Waals surface area (Å²) >= 11 is 1.77. The predicted octanol–water partition coefficient (Wildman–Crippen LogP) is 2.95. The molecule has 7 heteroatoms. The van der Waals surface area contributed by atoms with Crippen LogP contribution in [-0.2, 0) is 13.1 Å². The van der Waals surface area contributed by atoms with Gasteiger partial charge in [-0.1, -0.05) is 0 Å². The molecule has 0 saturated heterocycles. The van der Waals surface area contributed by atoms with Crippen molar-refractivity contribution in [3.8, 4) is 17.2 Å². The SMILES string of the molecule is CN=C(NCc1ccc(C)s1)NCc1cc(OC)c(OC)cc1OC. The molecule has 2 N–H and O–H groups in total. The number of benzene rings is 1. The lowest BCUT2D eigenvalue weighted by atomic mass is 10.1. The molecule has 136 valence electrons. The van der Waals surface area contributed by atoms with E-state index < -0.39 is 0 Å². The number of guanidine groups is 1. The van der Waals surface area contributed by atoms with Crippen LogP contribution in [-0.4, -0.2) is 34.3 Å². The van der Waals surface area contributed by atoms with E-state index in [9.17, 15) is 0 Å². The standard InChI is InChI=1S/C18H25N3O3S/c1-12-6-7-14(25-12)11-21-18(19-2)20-10-13-8-16(23-4)17(24-5)9-15(13)22-3/h6-9H,10-11H2,1-5H3,(H2,19,20,21). The number of hydrogen-bond donors (Lipinski definition) is 2. The first-order valence-electron chi connectivity index (χ1n) is 7.90. The van der Waals surface area contributed by atoms with Crippen molar-refractivity contribution in [1.82, 2.24) is 10.6 Å². The van der Waals surface area contributed by atoms with Gasteiger partial charge in [-0.25, -0.2) is 0 Å². The third-order valence-electron chi connectivity index (χ3n) is 3.68. The molecule has 0 fully saturated rings. The molecule has 0 aliphatic carbocycles. The van der Waals surface area contributed by atoms with E-state index in [-0.39, 0.29) is 0 Å². The van der Waals surface area contributed by atoms with Crippen molar-refractivity contribution in [3.05, 3.63) is 39.6 Å². The van der Waals surface area contributed by atoms with Gasteiger partial charge in [0.05, 0.1) is 27.9 Å². The van der Waals surface area contributed by atoms with Crippen molar-refractivity contribution in [1.29, 1.82) is 0 Å². The highest BCUT2D eigenvalue weighted by atomic mass is 32.1. The molecule has 0 unspecified atom stereocenters. The smallest absolute Gasteiger partial charge is 0.191 e. The molecular formula is C18H25N3O3S. The first kappa shape index (κ1) is 18.9. The molecule has 0 spiro atoms. The maximum atomic E-state index is 5.45. The van der Waals surface area contributed by atoms with Gasteiger partial charge in [0.25, 0.3) is 0 Å². The first-order chi connectivity index (χ1) is 12.1. The van der Waals surface area contributed by atoms with E-state index in [4.69, 9.17) is 14.2 Å². The van der Waals surface area contributed by atoms with Crippen LogP contribution in [0.2, 0.25) is 0 Å². The minimum atomic E-state index is 0.548. The van der Waals surface area contributed by atoms with Crippen molar-refractivity contribution in [3.63, 3.8) is 0 Å². The molecule has 25 heavy (non-hydrogen) atoms. The second-order valence-electron chi connectivity index (χ2n) is 5.31. The van der Waals surface area contributed by atoms with Crippen LogP contribution in [0.1, 0.15) is 15.3 Å². The van der Waals surface area contributed by atoms with E-state index >= 15 is 0 Å². The van der Waals surface area contributed by atoms with Crippen LogP contribution in [0, 0.1) is 6.92 Å². The summed E-state index contributed by atoms with van der Waals surface area (Å²) in [7, 11) is 6.61. The lowest BCUT2D eigenvalue weighted by molar-refractivity contribution is 0.347. The van der Waals surface area contributed by atoms with E-state index in [0.29, 0.717) is 18.0 Å². The fourth-order valence-electron chi connectivity index (χ4n) is 2.38. The van der Waals surface area contributed by atoms with E-state index in [0.717, 1.165) is 23.8 Å². The molecule has 2 rings (SSSR count). The van der Waals surface area contributed by atoms with Gasteiger partial charge in [0.2, 0.25) is 0 Å². The number of aliphatic imine (C=N–C) groups is 1. The van der Waals surface area contributed by atoms with Crippen LogP contribution in [0.4, 0.5) is 0 Å². The Hall–Kier alpha value is -2.41. The zero-order valence-electron chi connectivity index (χ0n) is 15.3. The molecule has 0 aliphatic heterocycles. The molecule has 1 aromatic heterocycles. The van der Waals surface area contributed by atoms with Crippen LogP contribution in [0.3, 0.4) is 0 Å². The van der Waals surface area contributed by atoms with Crippen LogP contribution in [0.25, 0.3) is 0 Å². The molecular weight excluding hydrogens is 338 g/mol. The monoisotopic (exact) mass is 363 g/mol. The summed E-state index contributed by atoms with van der Waals surface area (Å²) in [6.07, 6.45) is 0. The Morgan fingerprint density at radius 3 is 2.16 bits per heavy atom. The molecule has 2 aromatic rings. The highest BCUT2D eigenvalue weighted by Gasteiger charge is 2.12. The van der Waals surface area contributed by atoms with Crippen molar-refractivity contribution in [2.45, 2.75) is 20.0 Å². The summed E-state index contributed by atoms with van der Waals surface area (Å²) in [6, 6.07) is 7.96. The third kappa shape index (κ3) is 5.03. The molecule has 0 radical (unpaired) electrons. The molecule has 1 heterocycles. The number of rotatable bonds is 7. The summed E-state index contributed by atoms with van der Waals surface area (Å²) in [5.41, 5.74) is 0.954. The number of nitrogens with one attached hydrogen (secondary N) is 2. The minimum Gasteiger partial charge on any atom is -0.496 e. The van der Waals surface area contributed by atoms with E-state index in [1.54, 1.807) is 39.7 Å². The molecule has 0 atom stereocenters. The van der Waals surface area contributed by atoms with Gasteiger partial charge < -0.3 is 24.8 Å². The summed E-state index contributed by atoms with van der Waals surface area (Å²) < 4.78 is 16.1. The Bertz CT molecular complexity index is 728. The number of nitrogens with zero attached hydrogens (tertiary/aromatic N) is 1. The highest BCUT2D eigenvalue weighted by molar-refractivity contribution is 7.11. The zero-order chi connectivity index (χ0) is 18.2. The lowest BCUT2D eigenvalue weighted by Gasteiger charge is -2.16. The van der Waals surface area contributed by atoms with Crippen LogP contribution in [0.15, 0.2) is 29.3 Å². The number of aryl methyl sites for hydroxylation is 1. The molecule has 0 bridgehead atoms. The van der Waals surface area contributed by atoms with Crippen molar-refractivity contribution in [2.24, 2.45) is 4.99 Å². The van der Waals surface area contributed by atoms with Gasteiger partial charge in [-0.05, 0) is 25.1 Å². The van der Waals surface area contributed by atoms with Crippen LogP contribution < -0.4 is 24.8 Å². The van der Waals surface area contributed by atoms with Crippen LogP contribution in [0.5, 0.6) is 17.2 Å². The van der Waals surface area contributed by atoms with Gasteiger partial charge in [0.1, 0.15) is 5.75 Å². The Kier molecular flexibility index (Phi) is 6.94. The van der Waals surface area contributed by atoms with Crippen molar-refractivity contribution < 1.29 is 14.2 Å². The number of thiophene rings is 1.